The summed E-state index contributed by atoms with van der Waals surface area (Å²) >= 11 is 0. The second kappa shape index (κ2) is 5.39. The first-order valence-corrected chi connectivity index (χ1v) is 7.56. The fraction of sp³-hybridized carbons (Fsp3) is 0.417. The van der Waals surface area contributed by atoms with Crippen molar-refractivity contribution in [1.29, 1.82) is 0 Å². The molecule has 110 valence electrons. The number of amides is 1. The number of rotatable bonds is 5. The predicted molar refractivity (Wildman–Crippen MR) is 73.5 cm³/mol. The number of carbonyl (C=O) groups excluding carboxylic acids is 1. The van der Waals surface area contributed by atoms with Crippen molar-refractivity contribution < 1.29 is 17.9 Å². The van der Waals surface area contributed by atoms with E-state index in [9.17, 15) is 13.2 Å². The Labute approximate surface area is 117 Å². The molecule has 20 heavy (non-hydrogen) atoms. The molecule has 0 unspecified atom stereocenters. The maximum absolute atomic E-state index is 12.2. The van der Waals surface area contributed by atoms with Gasteiger partial charge in [0.15, 0.2) is 0 Å². The largest absolute Gasteiger partial charge is 0.398 e. The summed E-state index contributed by atoms with van der Waals surface area (Å²) in [6.07, 6.45) is 1.36. The zero-order valence-electron chi connectivity index (χ0n) is 11.0. The van der Waals surface area contributed by atoms with Crippen molar-refractivity contribution in [2.24, 2.45) is 5.73 Å². The first kappa shape index (κ1) is 14.8. The zero-order valence-corrected chi connectivity index (χ0v) is 11.8. The third-order valence-electron chi connectivity index (χ3n) is 3.33. The van der Waals surface area contributed by atoms with E-state index in [1.165, 1.54) is 18.2 Å². The third kappa shape index (κ3) is 2.92. The first-order chi connectivity index (χ1) is 9.33. The van der Waals surface area contributed by atoms with Gasteiger partial charge in [0.25, 0.3) is 0 Å². The summed E-state index contributed by atoms with van der Waals surface area (Å²) in [5.74, 6) is -0.657. The number of nitrogens with two attached hydrogens (primary N) is 2. The molecule has 0 spiro atoms. The van der Waals surface area contributed by atoms with E-state index in [4.69, 9.17) is 16.2 Å². The van der Waals surface area contributed by atoms with Crippen LogP contribution in [0.1, 0.15) is 23.2 Å². The Hall–Kier alpha value is -1.64. The average molecular weight is 299 g/mol. The van der Waals surface area contributed by atoms with Gasteiger partial charge in [-0.1, -0.05) is 0 Å². The minimum absolute atomic E-state index is 0.00332. The van der Waals surface area contributed by atoms with E-state index in [0.29, 0.717) is 12.8 Å². The molecule has 2 rings (SSSR count). The number of ether oxygens (including phenoxy) is 1. The summed E-state index contributed by atoms with van der Waals surface area (Å²) in [6.45, 7) is 0. The van der Waals surface area contributed by atoms with Crippen molar-refractivity contribution in [3.05, 3.63) is 23.8 Å². The Kier molecular flexibility index (Phi) is 3.98. The van der Waals surface area contributed by atoms with Gasteiger partial charge in [0.1, 0.15) is 4.90 Å². The molecule has 1 fully saturated rings. The smallest absolute Gasteiger partial charge is 0.248 e. The summed E-state index contributed by atoms with van der Waals surface area (Å²) < 4.78 is 32.0. The SMILES string of the molecule is COC1CC(NS(=O)(=O)c2ccc(C(N)=O)cc2N)C1. The molecule has 0 atom stereocenters. The molecule has 1 aromatic rings. The van der Waals surface area contributed by atoms with Crippen LogP contribution in [0, 0.1) is 0 Å². The van der Waals surface area contributed by atoms with Crippen molar-refractivity contribution in [1.82, 2.24) is 4.72 Å². The molecule has 7 nitrogen and oxygen atoms in total. The van der Waals surface area contributed by atoms with Gasteiger partial charge in [0, 0.05) is 18.7 Å². The van der Waals surface area contributed by atoms with Gasteiger partial charge in [-0.3, -0.25) is 4.79 Å². The highest BCUT2D eigenvalue weighted by Crippen LogP contribution is 2.26. The highest BCUT2D eigenvalue weighted by atomic mass is 32.2. The molecule has 0 aliphatic heterocycles. The molecule has 1 aliphatic carbocycles. The van der Waals surface area contributed by atoms with Gasteiger partial charge >= 0.3 is 0 Å². The molecular weight excluding hydrogens is 282 g/mol. The monoisotopic (exact) mass is 299 g/mol. The van der Waals surface area contributed by atoms with Crippen LogP contribution in [-0.4, -0.2) is 33.6 Å². The number of nitrogens with one attached hydrogen (secondary N) is 1. The quantitative estimate of drug-likeness (QED) is 0.651. The number of carbonyl (C=O) groups is 1. The summed E-state index contributed by atoms with van der Waals surface area (Å²) in [4.78, 5) is 11.0. The number of benzene rings is 1. The number of nitrogen functional groups attached to an aromatic ring is 1. The standard InChI is InChI=1S/C12H17N3O4S/c1-19-9-5-8(6-9)15-20(17,18)11-3-2-7(12(14)16)4-10(11)13/h2-4,8-9,15H,5-6,13H2,1H3,(H2,14,16). The van der Waals surface area contributed by atoms with Crippen LogP contribution < -0.4 is 16.2 Å². The molecule has 1 saturated carbocycles. The Morgan fingerprint density at radius 1 is 1.40 bits per heavy atom. The highest BCUT2D eigenvalue weighted by Gasteiger charge is 2.33. The summed E-state index contributed by atoms with van der Waals surface area (Å²) in [5.41, 5.74) is 11.0. The lowest BCUT2D eigenvalue weighted by Gasteiger charge is -2.34. The van der Waals surface area contributed by atoms with Gasteiger partial charge in [0.2, 0.25) is 15.9 Å². The second-order valence-corrected chi connectivity index (χ2v) is 6.45. The van der Waals surface area contributed by atoms with Crippen molar-refractivity contribution in [3.63, 3.8) is 0 Å². The molecule has 1 aliphatic rings. The van der Waals surface area contributed by atoms with Gasteiger partial charge in [-0.05, 0) is 31.0 Å². The van der Waals surface area contributed by atoms with E-state index in [2.05, 4.69) is 4.72 Å². The van der Waals surface area contributed by atoms with Crippen molar-refractivity contribution in [2.75, 3.05) is 12.8 Å². The number of methoxy groups -OCH3 is 1. The molecule has 8 heteroatoms. The van der Waals surface area contributed by atoms with E-state index >= 15 is 0 Å². The third-order valence-corrected chi connectivity index (χ3v) is 4.93. The van der Waals surface area contributed by atoms with Gasteiger partial charge in [-0.25, -0.2) is 13.1 Å². The molecule has 0 saturated heterocycles. The lowest BCUT2D eigenvalue weighted by molar-refractivity contribution is 0.0236. The van der Waals surface area contributed by atoms with Gasteiger partial charge in [-0.2, -0.15) is 0 Å². The molecule has 0 heterocycles. The van der Waals surface area contributed by atoms with Gasteiger partial charge < -0.3 is 16.2 Å². The lowest BCUT2D eigenvalue weighted by atomic mass is 9.90. The van der Waals surface area contributed by atoms with Crippen LogP contribution in [0.15, 0.2) is 23.1 Å². The fourth-order valence-corrected chi connectivity index (χ4v) is 3.46. The first-order valence-electron chi connectivity index (χ1n) is 6.08. The number of sulfonamides is 1. The molecule has 1 amide bonds. The van der Waals surface area contributed by atoms with Crippen LogP contribution in [0.4, 0.5) is 5.69 Å². The summed E-state index contributed by atoms with van der Waals surface area (Å²) in [6, 6.07) is 3.73. The number of hydrogen-bond donors (Lipinski definition) is 3. The lowest BCUT2D eigenvalue weighted by Crippen LogP contribution is -2.47. The number of primary amides is 1. The Bertz CT molecular complexity index is 624. The summed E-state index contributed by atoms with van der Waals surface area (Å²) in [7, 11) is -2.11. The fourth-order valence-electron chi connectivity index (χ4n) is 2.08. The van der Waals surface area contributed by atoms with E-state index in [1.54, 1.807) is 7.11 Å². The maximum atomic E-state index is 12.2. The van der Waals surface area contributed by atoms with Crippen LogP contribution in [0.25, 0.3) is 0 Å². The van der Waals surface area contributed by atoms with Crippen molar-refractivity contribution in [3.8, 4) is 0 Å². The van der Waals surface area contributed by atoms with Crippen LogP contribution in [0.2, 0.25) is 0 Å². The Balaban J connectivity index is 2.16. The normalized spacial score (nSPS) is 22.2. The molecule has 0 bridgehead atoms. The molecule has 0 aromatic heterocycles. The average Bonchev–Trinajstić information content (AvgIpc) is 2.32. The van der Waals surface area contributed by atoms with Crippen LogP contribution >= 0.6 is 0 Å². The van der Waals surface area contributed by atoms with E-state index < -0.39 is 15.9 Å². The number of anilines is 1. The minimum atomic E-state index is -3.71. The van der Waals surface area contributed by atoms with E-state index in [-0.39, 0.29) is 28.3 Å². The Morgan fingerprint density at radius 3 is 2.55 bits per heavy atom. The van der Waals surface area contributed by atoms with Crippen LogP contribution in [0.5, 0.6) is 0 Å². The molecule has 1 aromatic carbocycles. The summed E-state index contributed by atoms with van der Waals surface area (Å²) in [5, 5.41) is 0. The van der Waals surface area contributed by atoms with Crippen molar-refractivity contribution >= 4 is 21.6 Å². The topological polar surface area (TPSA) is 125 Å². The molecule has 0 radical (unpaired) electrons. The van der Waals surface area contributed by atoms with Crippen molar-refractivity contribution in [2.45, 2.75) is 29.9 Å². The zero-order chi connectivity index (χ0) is 14.9. The van der Waals surface area contributed by atoms with Crippen LogP contribution in [0.3, 0.4) is 0 Å². The maximum Gasteiger partial charge on any atom is 0.248 e. The van der Waals surface area contributed by atoms with Gasteiger partial charge in [0.05, 0.1) is 11.8 Å². The van der Waals surface area contributed by atoms with E-state index in [0.717, 1.165) is 0 Å². The highest BCUT2D eigenvalue weighted by molar-refractivity contribution is 7.89. The Morgan fingerprint density at radius 2 is 2.05 bits per heavy atom. The second-order valence-electron chi connectivity index (χ2n) is 4.76. The minimum Gasteiger partial charge on any atom is -0.398 e. The molecular formula is C12H17N3O4S. The van der Waals surface area contributed by atoms with Gasteiger partial charge in [-0.15, -0.1) is 0 Å². The number of hydrogen-bond acceptors (Lipinski definition) is 5. The van der Waals surface area contributed by atoms with E-state index in [1.807, 2.05) is 0 Å². The molecule has 5 N–H and O–H groups in total. The predicted octanol–water partition coefficient (Wildman–Crippen LogP) is -0.177. The van der Waals surface area contributed by atoms with Crippen LogP contribution in [-0.2, 0) is 14.8 Å².